The molecule has 0 spiro atoms. The fraction of sp³-hybridized carbons (Fsp3) is 0.538. The molecule has 4 heteroatoms. The molecule has 1 N–H and O–H groups in total. The zero-order valence-electron chi connectivity index (χ0n) is 10.7. The Morgan fingerprint density at radius 1 is 1.47 bits per heavy atom. The first-order chi connectivity index (χ1) is 8.11. The molecule has 0 atom stereocenters. The third-order valence-corrected chi connectivity index (χ3v) is 3.40. The van der Waals surface area contributed by atoms with Crippen LogP contribution in [0, 0.1) is 6.92 Å². The van der Waals surface area contributed by atoms with E-state index < -0.39 is 0 Å². The molecular formula is C13H19N3O. The van der Waals surface area contributed by atoms with Gasteiger partial charge >= 0.3 is 0 Å². The molecule has 1 amide bonds. The van der Waals surface area contributed by atoms with Crippen molar-refractivity contribution in [2.24, 2.45) is 0 Å². The van der Waals surface area contributed by atoms with Gasteiger partial charge < -0.3 is 10.2 Å². The number of hydrogen-bond acceptors (Lipinski definition) is 3. The molecule has 1 aromatic heterocycles. The normalized spacial score (nSPS) is 15.2. The van der Waals surface area contributed by atoms with Crippen LogP contribution in [0.2, 0.25) is 0 Å². The predicted octanol–water partition coefficient (Wildman–Crippen LogP) is 2.06. The number of carbonyl (C=O) groups is 1. The molecule has 0 aromatic carbocycles. The van der Waals surface area contributed by atoms with Gasteiger partial charge in [0, 0.05) is 31.4 Å². The van der Waals surface area contributed by atoms with Crippen molar-refractivity contribution >= 4 is 11.7 Å². The monoisotopic (exact) mass is 233 g/mol. The van der Waals surface area contributed by atoms with Gasteiger partial charge in [0.25, 0.3) is 5.91 Å². The first-order valence-corrected chi connectivity index (χ1v) is 6.05. The van der Waals surface area contributed by atoms with E-state index in [1.54, 1.807) is 0 Å². The molecule has 4 nitrogen and oxygen atoms in total. The standard InChI is InChI=1S/C13H19N3O/c1-9-7-10(8-12(14-2)15-9)13(17)16(3)11-5-4-6-11/h7-8,11H,4-6H2,1-3H3,(H,14,15). The van der Waals surface area contributed by atoms with E-state index in [0.717, 1.165) is 29.9 Å². The van der Waals surface area contributed by atoms with Crippen LogP contribution in [0.3, 0.4) is 0 Å². The number of carbonyl (C=O) groups excluding carboxylic acids is 1. The van der Waals surface area contributed by atoms with Gasteiger partial charge in [-0.05, 0) is 38.3 Å². The Morgan fingerprint density at radius 3 is 2.71 bits per heavy atom. The number of aryl methyl sites for hydroxylation is 1. The second-order valence-electron chi connectivity index (χ2n) is 4.63. The number of pyridine rings is 1. The van der Waals surface area contributed by atoms with Crippen LogP contribution in [0.25, 0.3) is 0 Å². The maximum Gasteiger partial charge on any atom is 0.254 e. The lowest BCUT2D eigenvalue weighted by Crippen LogP contribution is -2.41. The Hall–Kier alpha value is -1.58. The first kappa shape index (κ1) is 11.9. The van der Waals surface area contributed by atoms with E-state index in [9.17, 15) is 4.79 Å². The third-order valence-electron chi connectivity index (χ3n) is 3.40. The Bertz CT molecular complexity index is 427. The molecule has 1 aromatic rings. The number of rotatable bonds is 3. The van der Waals surface area contributed by atoms with Gasteiger partial charge in [-0.2, -0.15) is 0 Å². The zero-order chi connectivity index (χ0) is 12.4. The van der Waals surface area contributed by atoms with E-state index in [-0.39, 0.29) is 5.91 Å². The Labute approximate surface area is 102 Å². The average molecular weight is 233 g/mol. The van der Waals surface area contributed by atoms with E-state index in [0.29, 0.717) is 6.04 Å². The van der Waals surface area contributed by atoms with Crippen LogP contribution in [-0.2, 0) is 0 Å². The summed E-state index contributed by atoms with van der Waals surface area (Å²) in [6, 6.07) is 4.08. The smallest absolute Gasteiger partial charge is 0.254 e. The minimum absolute atomic E-state index is 0.0942. The maximum atomic E-state index is 12.3. The number of aromatic nitrogens is 1. The number of amides is 1. The summed E-state index contributed by atoms with van der Waals surface area (Å²) in [6.45, 7) is 1.90. The van der Waals surface area contributed by atoms with Crippen molar-refractivity contribution in [2.45, 2.75) is 32.2 Å². The Kier molecular flexibility index (Phi) is 3.31. The van der Waals surface area contributed by atoms with Crippen molar-refractivity contribution in [1.82, 2.24) is 9.88 Å². The molecule has 1 saturated carbocycles. The molecule has 0 saturated heterocycles. The fourth-order valence-corrected chi connectivity index (χ4v) is 2.06. The van der Waals surface area contributed by atoms with Gasteiger partial charge in [-0.15, -0.1) is 0 Å². The minimum Gasteiger partial charge on any atom is -0.373 e. The highest BCUT2D eigenvalue weighted by atomic mass is 16.2. The van der Waals surface area contributed by atoms with E-state index in [1.165, 1.54) is 6.42 Å². The van der Waals surface area contributed by atoms with Crippen molar-refractivity contribution in [1.29, 1.82) is 0 Å². The summed E-state index contributed by atoms with van der Waals surface area (Å²) in [5, 5.41) is 2.98. The number of anilines is 1. The van der Waals surface area contributed by atoms with Crippen molar-refractivity contribution in [3.63, 3.8) is 0 Å². The van der Waals surface area contributed by atoms with Crippen LogP contribution in [0.1, 0.15) is 35.3 Å². The summed E-state index contributed by atoms with van der Waals surface area (Å²) in [5.41, 5.74) is 1.58. The van der Waals surface area contributed by atoms with Gasteiger partial charge in [-0.25, -0.2) is 4.98 Å². The topological polar surface area (TPSA) is 45.2 Å². The van der Waals surface area contributed by atoms with E-state index in [4.69, 9.17) is 0 Å². The van der Waals surface area contributed by atoms with Crippen LogP contribution in [0.4, 0.5) is 5.82 Å². The average Bonchev–Trinajstić information content (AvgIpc) is 2.24. The van der Waals surface area contributed by atoms with E-state index in [1.807, 2.05) is 38.1 Å². The highest BCUT2D eigenvalue weighted by Crippen LogP contribution is 2.25. The van der Waals surface area contributed by atoms with Crippen LogP contribution in [-0.4, -0.2) is 35.9 Å². The van der Waals surface area contributed by atoms with E-state index in [2.05, 4.69) is 10.3 Å². The quantitative estimate of drug-likeness (QED) is 0.869. The molecule has 0 unspecified atom stereocenters. The Morgan fingerprint density at radius 2 is 2.18 bits per heavy atom. The number of nitrogens with zero attached hydrogens (tertiary/aromatic N) is 2. The third kappa shape index (κ3) is 2.40. The summed E-state index contributed by atoms with van der Waals surface area (Å²) >= 11 is 0. The van der Waals surface area contributed by atoms with Gasteiger partial charge in [-0.3, -0.25) is 4.79 Å². The van der Waals surface area contributed by atoms with Gasteiger partial charge in [-0.1, -0.05) is 0 Å². The van der Waals surface area contributed by atoms with Crippen molar-refractivity contribution in [3.8, 4) is 0 Å². The zero-order valence-corrected chi connectivity index (χ0v) is 10.7. The Balaban J connectivity index is 2.20. The largest absolute Gasteiger partial charge is 0.373 e. The fourth-order valence-electron chi connectivity index (χ4n) is 2.06. The maximum absolute atomic E-state index is 12.3. The molecular weight excluding hydrogens is 214 g/mol. The molecule has 92 valence electrons. The lowest BCUT2D eigenvalue weighted by molar-refractivity contribution is 0.0652. The summed E-state index contributed by atoms with van der Waals surface area (Å²) in [6.07, 6.45) is 3.50. The first-order valence-electron chi connectivity index (χ1n) is 6.05. The van der Waals surface area contributed by atoms with Crippen molar-refractivity contribution < 1.29 is 4.79 Å². The molecule has 0 bridgehead atoms. The lowest BCUT2D eigenvalue weighted by atomic mass is 9.91. The van der Waals surface area contributed by atoms with E-state index >= 15 is 0 Å². The van der Waals surface area contributed by atoms with Crippen LogP contribution < -0.4 is 5.32 Å². The highest BCUT2D eigenvalue weighted by molar-refractivity contribution is 5.95. The predicted molar refractivity (Wildman–Crippen MR) is 68.3 cm³/mol. The SMILES string of the molecule is CNc1cc(C(=O)N(C)C2CCC2)cc(C)n1. The summed E-state index contributed by atoms with van der Waals surface area (Å²) in [7, 11) is 3.70. The van der Waals surface area contributed by atoms with Gasteiger partial charge in [0.2, 0.25) is 0 Å². The van der Waals surface area contributed by atoms with Crippen molar-refractivity contribution in [3.05, 3.63) is 23.4 Å². The van der Waals surface area contributed by atoms with Gasteiger partial charge in [0.05, 0.1) is 0 Å². The van der Waals surface area contributed by atoms with Crippen LogP contribution in [0.15, 0.2) is 12.1 Å². The molecule has 1 fully saturated rings. The second kappa shape index (κ2) is 4.73. The molecule has 0 radical (unpaired) electrons. The summed E-state index contributed by atoms with van der Waals surface area (Å²) in [4.78, 5) is 18.4. The highest BCUT2D eigenvalue weighted by Gasteiger charge is 2.26. The molecule has 0 aliphatic heterocycles. The summed E-state index contributed by atoms with van der Waals surface area (Å²) in [5.74, 6) is 0.840. The summed E-state index contributed by atoms with van der Waals surface area (Å²) < 4.78 is 0. The molecule has 1 aliphatic rings. The molecule has 2 rings (SSSR count). The molecule has 1 aliphatic carbocycles. The molecule has 17 heavy (non-hydrogen) atoms. The lowest BCUT2D eigenvalue weighted by Gasteiger charge is -2.34. The number of nitrogens with one attached hydrogen (secondary N) is 1. The second-order valence-corrected chi connectivity index (χ2v) is 4.63. The van der Waals surface area contributed by atoms with Crippen molar-refractivity contribution in [2.75, 3.05) is 19.4 Å². The number of hydrogen-bond donors (Lipinski definition) is 1. The van der Waals surface area contributed by atoms with Gasteiger partial charge in [0.15, 0.2) is 0 Å². The van der Waals surface area contributed by atoms with Crippen LogP contribution >= 0.6 is 0 Å². The van der Waals surface area contributed by atoms with Crippen LogP contribution in [0.5, 0.6) is 0 Å². The van der Waals surface area contributed by atoms with Gasteiger partial charge in [0.1, 0.15) is 5.82 Å². The minimum atomic E-state index is 0.0942. The molecule has 1 heterocycles.